The minimum Gasteiger partial charge on any atom is -0.493 e. The monoisotopic (exact) mass is 398 g/mol. The van der Waals surface area contributed by atoms with Crippen molar-refractivity contribution >= 4 is 11.6 Å². The molecule has 10 heteroatoms. The second-order valence-corrected chi connectivity index (χ2v) is 5.91. The molecule has 27 heavy (non-hydrogen) atoms. The molecule has 0 aliphatic carbocycles. The summed E-state index contributed by atoms with van der Waals surface area (Å²) in [5.41, 5.74) is -0.0907. The van der Waals surface area contributed by atoms with E-state index in [1.54, 1.807) is 18.2 Å². The maximum atomic E-state index is 12.9. The average Bonchev–Trinajstić information content (AvgIpc) is 3.16. The first kappa shape index (κ1) is 19.0. The molecule has 6 nitrogen and oxygen atoms in total. The Morgan fingerprint density at radius 2 is 1.81 bits per heavy atom. The van der Waals surface area contributed by atoms with E-state index in [-0.39, 0.29) is 10.7 Å². The molecule has 0 amide bonds. The third-order valence-corrected chi connectivity index (χ3v) is 4.22. The zero-order valence-corrected chi connectivity index (χ0v) is 15.0. The van der Waals surface area contributed by atoms with E-state index in [1.165, 1.54) is 20.5 Å². The summed E-state index contributed by atoms with van der Waals surface area (Å²) in [5.74, 6) is 0.644. The molecule has 142 valence electrons. The Morgan fingerprint density at radius 3 is 2.37 bits per heavy atom. The van der Waals surface area contributed by atoms with Crippen molar-refractivity contribution < 1.29 is 22.6 Å². The molecule has 0 aliphatic rings. The molecule has 0 bridgehead atoms. The first-order chi connectivity index (χ1) is 12.8. The van der Waals surface area contributed by atoms with Gasteiger partial charge in [0, 0.05) is 6.20 Å². The standard InChI is InChI=1S/C17H14ClF3N4O2/c1-26-12-4-3-9(5-13(12)27-2)14(16-23-8-24-25-16)15-11(18)6-10(7-22-15)17(19,20)21/h3-8,14H,1-2H3,(H,23,24,25). The maximum Gasteiger partial charge on any atom is 0.417 e. The maximum absolute atomic E-state index is 12.9. The summed E-state index contributed by atoms with van der Waals surface area (Å²) in [6, 6.07) is 5.93. The minimum absolute atomic E-state index is 0.138. The smallest absolute Gasteiger partial charge is 0.417 e. The number of aromatic amines is 1. The predicted molar refractivity (Wildman–Crippen MR) is 91.1 cm³/mol. The van der Waals surface area contributed by atoms with E-state index in [0.717, 1.165) is 12.3 Å². The third-order valence-electron chi connectivity index (χ3n) is 3.92. The number of hydrogen-bond donors (Lipinski definition) is 1. The zero-order valence-electron chi connectivity index (χ0n) is 14.2. The van der Waals surface area contributed by atoms with Crippen LogP contribution in [0.3, 0.4) is 0 Å². The topological polar surface area (TPSA) is 72.9 Å². The first-order valence-electron chi connectivity index (χ1n) is 7.65. The zero-order chi connectivity index (χ0) is 19.6. The van der Waals surface area contributed by atoms with Gasteiger partial charge < -0.3 is 9.47 Å². The number of alkyl halides is 3. The number of rotatable bonds is 5. The van der Waals surface area contributed by atoms with E-state index in [4.69, 9.17) is 21.1 Å². The molecule has 0 radical (unpaired) electrons. The summed E-state index contributed by atoms with van der Waals surface area (Å²) in [6.07, 6.45) is -2.51. The average molecular weight is 399 g/mol. The van der Waals surface area contributed by atoms with Crippen LogP contribution in [0.25, 0.3) is 0 Å². The van der Waals surface area contributed by atoms with Crippen LogP contribution < -0.4 is 9.47 Å². The van der Waals surface area contributed by atoms with Gasteiger partial charge in [-0.25, -0.2) is 4.98 Å². The summed E-state index contributed by atoms with van der Waals surface area (Å²) in [4.78, 5) is 8.08. The second-order valence-electron chi connectivity index (χ2n) is 5.51. The van der Waals surface area contributed by atoms with Gasteiger partial charge in [0.1, 0.15) is 12.2 Å². The number of pyridine rings is 1. The number of nitrogens with zero attached hydrogens (tertiary/aromatic N) is 3. The van der Waals surface area contributed by atoms with Gasteiger partial charge in [-0.05, 0) is 23.8 Å². The van der Waals surface area contributed by atoms with E-state index < -0.39 is 17.7 Å². The van der Waals surface area contributed by atoms with Crippen molar-refractivity contribution in [2.75, 3.05) is 14.2 Å². The van der Waals surface area contributed by atoms with Gasteiger partial charge in [-0.15, -0.1) is 0 Å². The number of hydrogen-bond acceptors (Lipinski definition) is 5. The summed E-state index contributed by atoms with van der Waals surface area (Å²) >= 11 is 6.15. The highest BCUT2D eigenvalue weighted by Crippen LogP contribution is 2.39. The van der Waals surface area contributed by atoms with Crippen molar-refractivity contribution in [3.63, 3.8) is 0 Å². The highest BCUT2D eigenvalue weighted by molar-refractivity contribution is 6.31. The summed E-state index contributed by atoms with van der Waals surface area (Å²) in [5, 5.41) is 6.39. The van der Waals surface area contributed by atoms with Gasteiger partial charge in [0.2, 0.25) is 0 Å². The second kappa shape index (κ2) is 7.43. The fourth-order valence-electron chi connectivity index (χ4n) is 2.65. The molecule has 3 rings (SSSR count). The highest BCUT2D eigenvalue weighted by Gasteiger charge is 2.33. The summed E-state index contributed by atoms with van der Waals surface area (Å²) in [6.45, 7) is 0. The number of aromatic nitrogens is 4. The number of halogens is 4. The number of nitrogens with one attached hydrogen (secondary N) is 1. The molecule has 0 aliphatic heterocycles. The predicted octanol–water partition coefficient (Wildman–Crippen LogP) is 4.07. The molecule has 2 aromatic heterocycles. The summed E-state index contributed by atoms with van der Waals surface area (Å²) in [7, 11) is 2.98. The molecule has 0 fully saturated rings. The lowest BCUT2D eigenvalue weighted by atomic mass is 9.93. The molecule has 0 spiro atoms. The number of ether oxygens (including phenoxy) is 2. The van der Waals surface area contributed by atoms with Crippen LogP contribution >= 0.6 is 11.6 Å². The van der Waals surface area contributed by atoms with Gasteiger partial charge in [-0.1, -0.05) is 17.7 Å². The lowest BCUT2D eigenvalue weighted by Crippen LogP contribution is -2.12. The van der Waals surface area contributed by atoms with Crippen LogP contribution in [-0.2, 0) is 6.18 Å². The van der Waals surface area contributed by atoms with Crippen LogP contribution in [-0.4, -0.2) is 34.4 Å². The van der Waals surface area contributed by atoms with Crippen LogP contribution in [0.4, 0.5) is 13.2 Å². The molecule has 0 saturated carbocycles. The Labute approximate surface area is 157 Å². The molecule has 1 unspecified atom stereocenters. The first-order valence-corrected chi connectivity index (χ1v) is 8.02. The fraction of sp³-hybridized carbons (Fsp3) is 0.235. The largest absolute Gasteiger partial charge is 0.493 e. The molecular weight excluding hydrogens is 385 g/mol. The Kier molecular flexibility index (Phi) is 5.22. The lowest BCUT2D eigenvalue weighted by molar-refractivity contribution is -0.137. The van der Waals surface area contributed by atoms with Gasteiger partial charge in [-0.2, -0.15) is 18.3 Å². The molecule has 0 saturated heterocycles. The Balaban J connectivity index is 2.14. The lowest BCUT2D eigenvalue weighted by Gasteiger charge is -2.18. The van der Waals surface area contributed by atoms with E-state index in [0.29, 0.717) is 22.9 Å². The highest BCUT2D eigenvalue weighted by atomic mass is 35.5. The van der Waals surface area contributed by atoms with Crippen LogP contribution in [0.5, 0.6) is 11.5 Å². The molecule has 3 aromatic rings. The van der Waals surface area contributed by atoms with Gasteiger partial charge in [-0.3, -0.25) is 10.1 Å². The van der Waals surface area contributed by atoms with Crippen LogP contribution in [0.1, 0.15) is 28.6 Å². The van der Waals surface area contributed by atoms with E-state index >= 15 is 0 Å². The number of benzene rings is 1. The third kappa shape index (κ3) is 3.82. The molecule has 2 heterocycles. The van der Waals surface area contributed by atoms with Crippen molar-refractivity contribution in [3.8, 4) is 11.5 Å². The molecule has 1 aromatic carbocycles. The Bertz CT molecular complexity index is 932. The summed E-state index contributed by atoms with van der Waals surface area (Å²) < 4.78 is 49.3. The van der Waals surface area contributed by atoms with Crippen LogP contribution in [0, 0.1) is 0 Å². The number of methoxy groups -OCH3 is 2. The SMILES string of the molecule is COc1ccc(C(c2ncn[nH]2)c2ncc(C(F)(F)F)cc2Cl)cc1OC. The fourth-order valence-corrected chi connectivity index (χ4v) is 2.92. The molecule has 1 N–H and O–H groups in total. The van der Waals surface area contributed by atoms with E-state index in [2.05, 4.69) is 20.2 Å². The van der Waals surface area contributed by atoms with Gasteiger partial charge in [0.05, 0.1) is 36.4 Å². The Hall–Kier alpha value is -2.81. The van der Waals surface area contributed by atoms with E-state index in [1.807, 2.05) is 0 Å². The van der Waals surface area contributed by atoms with Gasteiger partial charge in [0.15, 0.2) is 11.5 Å². The van der Waals surface area contributed by atoms with Crippen molar-refractivity contribution in [1.29, 1.82) is 0 Å². The minimum atomic E-state index is -4.54. The van der Waals surface area contributed by atoms with Gasteiger partial charge in [0.25, 0.3) is 0 Å². The van der Waals surface area contributed by atoms with Crippen molar-refractivity contribution in [2.24, 2.45) is 0 Å². The number of H-pyrrole nitrogens is 1. The van der Waals surface area contributed by atoms with Crippen LogP contribution in [0.2, 0.25) is 5.02 Å². The van der Waals surface area contributed by atoms with Crippen molar-refractivity contribution in [1.82, 2.24) is 20.2 Å². The van der Waals surface area contributed by atoms with Gasteiger partial charge >= 0.3 is 6.18 Å². The normalized spacial score (nSPS) is 12.7. The quantitative estimate of drug-likeness (QED) is 0.701. The van der Waals surface area contributed by atoms with E-state index in [9.17, 15) is 13.2 Å². The van der Waals surface area contributed by atoms with Crippen LogP contribution in [0.15, 0.2) is 36.8 Å². The van der Waals surface area contributed by atoms with Crippen molar-refractivity contribution in [2.45, 2.75) is 12.1 Å². The molecular formula is C17H14ClF3N4O2. The molecule has 1 atom stereocenters. The van der Waals surface area contributed by atoms with Crippen molar-refractivity contribution in [3.05, 3.63) is 64.5 Å². The Morgan fingerprint density at radius 1 is 1.07 bits per heavy atom.